The van der Waals surface area contributed by atoms with Crippen molar-refractivity contribution in [3.8, 4) is 45.5 Å². The van der Waals surface area contributed by atoms with Crippen molar-refractivity contribution >= 4 is 43.4 Å². The van der Waals surface area contributed by atoms with Crippen LogP contribution in [0.5, 0.6) is 5.75 Å². The summed E-state index contributed by atoms with van der Waals surface area (Å²) in [6.07, 6.45) is 0. The lowest BCUT2D eigenvalue weighted by atomic mass is 9.92. The summed E-state index contributed by atoms with van der Waals surface area (Å²) in [7, 11) is 1.65. The summed E-state index contributed by atoms with van der Waals surface area (Å²) in [4.78, 5) is 0. The van der Waals surface area contributed by atoms with Gasteiger partial charge in [-0.25, -0.2) is 0 Å². The quantitative estimate of drug-likeness (QED) is 0.186. The number of aromatic nitrogens is 3. The van der Waals surface area contributed by atoms with Gasteiger partial charge in [0.15, 0.2) is 0 Å². The first-order valence-corrected chi connectivity index (χ1v) is 15.3. The van der Waals surface area contributed by atoms with Crippen molar-refractivity contribution in [2.24, 2.45) is 0 Å². The average molecular weight is 594 g/mol. The molecule has 5 heteroatoms. The standard InChI is InChI=1S/C41H27N3O2/c1-45-31-13-10-12-27(24-31)40-42-43-41(46-40)29-21-28(37-25-26-11-2-3-14-32(26)33-15-4-5-16-34(33)37)22-30(23-29)44-38-19-8-6-17-35(38)36-18-7-9-20-39(36)44/h2-25H,1H3. The van der Waals surface area contributed by atoms with Crippen LogP contribution in [-0.4, -0.2) is 21.9 Å². The summed E-state index contributed by atoms with van der Waals surface area (Å²) < 4.78 is 14.1. The van der Waals surface area contributed by atoms with Gasteiger partial charge in [0.05, 0.1) is 18.1 Å². The Balaban J connectivity index is 1.33. The van der Waals surface area contributed by atoms with Gasteiger partial charge in [0.1, 0.15) is 5.75 Å². The third-order valence-corrected chi connectivity index (χ3v) is 8.82. The molecule has 7 aromatic carbocycles. The molecule has 0 atom stereocenters. The van der Waals surface area contributed by atoms with Gasteiger partial charge in [-0.05, 0) is 87.3 Å². The first-order chi connectivity index (χ1) is 22.7. The fourth-order valence-corrected chi connectivity index (χ4v) is 6.73. The molecule has 0 aliphatic rings. The van der Waals surface area contributed by atoms with Crippen LogP contribution in [0.2, 0.25) is 0 Å². The molecule has 2 aromatic heterocycles. The number of ether oxygens (including phenoxy) is 1. The molecule has 0 fully saturated rings. The molecule has 0 amide bonds. The Morgan fingerprint density at radius 1 is 0.500 bits per heavy atom. The van der Waals surface area contributed by atoms with Gasteiger partial charge < -0.3 is 13.7 Å². The van der Waals surface area contributed by atoms with Gasteiger partial charge in [-0.2, -0.15) is 0 Å². The second-order valence-electron chi connectivity index (χ2n) is 11.5. The maximum Gasteiger partial charge on any atom is 0.248 e. The molecule has 0 aliphatic carbocycles. The van der Waals surface area contributed by atoms with E-state index in [0.717, 1.165) is 44.7 Å². The number of nitrogens with zero attached hydrogens (tertiary/aromatic N) is 3. The molecule has 9 rings (SSSR count). The molecule has 5 nitrogen and oxygen atoms in total. The molecule has 0 spiro atoms. The smallest absolute Gasteiger partial charge is 0.248 e. The lowest BCUT2D eigenvalue weighted by Crippen LogP contribution is -1.96. The van der Waals surface area contributed by atoms with E-state index in [1.807, 2.05) is 24.3 Å². The molecule has 0 aliphatic heterocycles. The molecule has 0 saturated heterocycles. The van der Waals surface area contributed by atoms with Gasteiger partial charge in [-0.3, -0.25) is 0 Å². The second kappa shape index (κ2) is 10.5. The number of benzene rings is 7. The Bertz CT molecular complexity index is 2540. The van der Waals surface area contributed by atoms with E-state index in [2.05, 4.69) is 136 Å². The first-order valence-electron chi connectivity index (χ1n) is 15.3. The van der Waals surface area contributed by atoms with E-state index in [1.165, 1.54) is 32.3 Å². The fraction of sp³-hybridized carbons (Fsp3) is 0.0244. The molecular formula is C41H27N3O2. The van der Waals surface area contributed by atoms with Crippen LogP contribution in [0.15, 0.2) is 150 Å². The van der Waals surface area contributed by atoms with Crippen LogP contribution in [-0.2, 0) is 0 Å². The van der Waals surface area contributed by atoms with Gasteiger partial charge in [-0.15, -0.1) is 10.2 Å². The Hall–Kier alpha value is -6.20. The summed E-state index contributed by atoms with van der Waals surface area (Å²) in [5, 5.41) is 16.2. The highest BCUT2D eigenvalue weighted by atomic mass is 16.5. The van der Waals surface area contributed by atoms with E-state index in [0.29, 0.717) is 11.8 Å². The van der Waals surface area contributed by atoms with Gasteiger partial charge in [-0.1, -0.05) is 91.0 Å². The highest BCUT2D eigenvalue weighted by Gasteiger charge is 2.18. The van der Waals surface area contributed by atoms with Gasteiger partial charge in [0.2, 0.25) is 11.8 Å². The van der Waals surface area contributed by atoms with Crippen LogP contribution in [0, 0.1) is 0 Å². The number of para-hydroxylation sites is 2. The maximum atomic E-state index is 6.36. The van der Waals surface area contributed by atoms with E-state index < -0.39 is 0 Å². The second-order valence-corrected chi connectivity index (χ2v) is 11.5. The molecule has 0 radical (unpaired) electrons. The number of hydrogen-bond acceptors (Lipinski definition) is 4. The van der Waals surface area contributed by atoms with Crippen LogP contribution in [0.25, 0.3) is 83.1 Å². The van der Waals surface area contributed by atoms with Gasteiger partial charge in [0, 0.05) is 27.6 Å². The zero-order valence-corrected chi connectivity index (χ0v) is 25.0. The monoisotopic (exact) mass is 593 g/mol. The van der Waals surface area contributed by atoms with Crippen molar-refractivity contribution in [3.05, 3.63) is 146 Å². The maximum absolute atomic E-state index is 6.36. The molecular weight excluding hydrogens is 566 g/mol. The molecule has 0 unspecified atom stereocenters. The fourth-order valence-electron chi connectivity index (χ4n) is 6.73. The van der Waals surface area contributed by atoms with Gasteiger partial charge >= 0.3 is 0 Å². The predicted molar refractivity (Wildman–Crippen MR) is 187 cm³/mol. The Morgan fingerprint density at radius 2 is 1.11 bits per heavy atom. The zero-order chi connectivity index (χ0) is 30.6. The number of fused-ring (bicyclic) bond motifs is 6. The Morgan fingerprint density at radius 3 is 1.85 bits per heavy atom. The van der Waals surface area contributed by atoms with E-state index in [9.17, 15) is 0 Å². The Kier molecular flexibility index (Phi) is 5.96. The highest BCUT2D eigenvalue weighted by molar-refractivity contribution is 6.14. The summed E-state index contributed by atoms with van der Waals surface area (Å²) in [5.41, 5.74) is 7.15. The number of methoxy groups -OCH3 is 1. The summed E-state index contributed by atoms with van der Waals surface area (Å²) >= 11 is 0. The van der Waals surface area contributed by atoms with E-state index in [1.54, 1.807) is 7.11 Å². The third-order valence-electron chi connectivity index (χ3n) is 8.82. The van der Waals surface area contributed by atoms with Crippen LogP contribution < -0.4 is 4.74 Å². The molecule has 0 saturated carbocycles. The van der Waals surface area contributed by atoms with Crippen LogP contribution in [0.3, 0.4) is 0 Å². The van der Waals surface area contributed by atoms with Crippen molar-refractivity contribution in [1.29, 1.82) is 0 Å². The van der Waals surface area contributed by atoms with Crippen molar-refractivity contribution in [1.82, 2.24) is 14.8 Å². The van der Waals surface area contributed by atoms with Crippen molar-refractivity contribution in [2.75, 3.05) is 7.11 Å². The minimum Gasteiger partial charge on any atom is -0.497 e. The lowest BCUT2D eigenvalue weighted by molar-refractivity contribution is 0.415. The normalized spacial score (nSPS) is 11.6. The lowest BCUT2D eigenvalue weighted by Gasteiger charge is -2.15. The molecule has 218 valence electrons. The topological polar surface area (TPSA) is 53.1 Å². The molecule has 0 N–H and O–H groups in total. The number of rotatable bonds is 5. The van der Waals surface area contributed by atoms with E-state index in [4.69, 9.17) is 9.15 Å². The van der Waals surface area contributed by atoms with Crippen molar-refractivity contribution < 1.29 is 9.15 Å². The van der Waals surface area contributed by atoms with Crippen LogP contribution >= 0.6 is 0 Å². The summed E-state index contributed by atoms with van der Waals surface area (Å²) in [5.74, 6) is 1.62. The van der Waals surface area contributed by atoms with Crippen molar-refractivity contribution in [3.63, 3.8) is 0 Å². The minimum atomic E-state index is 0.439. The molecule has 46 heavy (non-hydrogen) atoms. The minimum absolute atomic E-state index is 0.439. The van der Waals surface area contributed by atoms with Gasteiger partial charge in [0.25, 0.3) is 0 Å². The highest BCUT2D eigenvalue weighted by Crippen LogP contribution is 2.40. The van der Waals surface area contributed by atoms with E-state index >= 15 is 0 Å². The van der Waals surface area contributed by atoms with Crippen LogP contribution in [0.1, 0.15) is 0 Å². The molecule has 9 aromatic rings. The molecule has 0 bridgehead atoms. The van der Waals surface area contributed by atoms with Crippen molar-refractivity contribution in [2.45, 2.75) is 0 Å². The van der Waals surface area contributed by atoms with E-state index in [-0.39, 0.29) is 0 Å². The molecule has 2 heterocycles. The summed E-state index contributed by atoms with van der Waals surface area (Å²) in [6.45, 7) is 0. The zero-order valence-electron chi connectivity index (χ0n) is 25.0. The number of hydrogen-bond donors (Lipinski definition) is 0. The first kappa shape index (κ1) is 26.2. The average Bonchev–Trinajstić information content (AvgIpc) is 3.75. The third kappa shape index (κ3) is 4.17. The largest absolute Gasteiger partial charge is 0.497 e. The summed E-state index contributed by atoms with van der Waals surface area (Å²) in [6, 6.07) is 50.9. The Labute approximate surface area is 264 Å². The van der Waals surface area contributed by atoms with Crippen LogP contribution in [0.4, 0.5) is 0 Å². The SMILES string of the molecule is COc1cccc(-c2nnc(-c3cc(-c4cc5ccccc5c5ccccc45)cc(-n4c5ccccc5c5ccccc54)c3)o2)c1. The predicted octanol–water partition coefficient (Wildman–Crippen LogP) is 10.5.